The molecule has 1 heterocycles. The predicted molar refractivity (Wildman–Crippen MR) is 196 cm³/mol. The summed E-state index contributed by atoms with van der Waals surface area (Å²) in [5, 5.41) is 75.1. The third-order valence-electron chi connectivity index (χ3n) is 9.82. The Morgan fingerprint density at radius 2 is 1.16 bits per heavy atom. The molecular formula is C39H75NO10. The van der Waals surface area contributed by atoms with Crippen LogP contribution in [0.3, 0.4) is 0 Å². The van der Waals surface area contributed by atoms with E-state index in [1.165, 1.54) is 70.6 Å². The van der Waals surface area contributed by atoms with Crippen molar-refractivity contribution in [2.45, 2.75) is 217 Å². The Kier molecular flexibility index (Phi) is 28.4. The molecule has 1 rings (SSSR count). The zero-order valence-corrected chi connectivity index (χ0v) is 31.4. The van der Waals surface area contributed by atoms with Gasteiger partial charge in [0.2, 0.25) is 5.91 Å². The van der Waals surface area contributed by atoms with Gasteiger partial charge >= 0.3 is 0 Å². The minimum absolute atomic E-state index is 0.247. The van der Waals surface area contributed by atoms with Crippen molar-refractivity contribution in [2.24, 2.45) is 0 Å². The normalized spacial score (nSPS) is 23.6. The maximum Gasteiger partial charge on any atom is 0.249 e. The molecule has 296 valence electrons. The van der Waals surface area contributed by atoms with Crippen molar-refractivity contribution in [1.82, 2.24) is 5.32 Å². The molecule has 0 bridgehead atoms. The van der Waals surface area contributed by atoms with Gasteiger partial charge in [0.05, 0.1) is 25.4 Å². The molecule has 0 saturated carbocycles. The van der Waals surface area contributed by atoms with Gasteiger partial charge in [-0.25, -0.2) is 0 Å². The molecule has 0 aromatic carbocycles. The van der Waals surface area contributed by atoms with E-state index in [0.717, 1.165) is 51.4 Å². The number of carbonyl (C=O) groups is 1. The van der Waals surface area contributed by atoms with Crippen LogP contribution < -0.4 is 5.32 Å². The van der Waals surface area contributed by atoms with Crippen LogP contribution in [0.15, 0.2) is 12.2 Å². The molecule has 1 aliphatic heterocycles. The van der Waals surface area contributed by atoms with Gasteiger partial charge in [-0.15, -0.1) is 0 Å². The fourth-order valence-electron chi connectivity index (χ4n) is 6.37. The summed E-state index contributed by atoms with van der Waals surface area (Å²) >= 11 is 0. The first kappa shape index (κ1) is 46.9. The third-order valence-corrected chi connectivity index (χ3v) is 9.82. The first-order valence-electron chi connectivity index (χ1n) is 20.1. The van der Waals surface area contributed by atoms with Gasteiger partial charge in [-0.1, -0.05) is 135 Å². The van der Waals surface area contributed by atoms with Crippen molar-refractivity contribution in [3.63, 3.8) is 0 Å². The average molecular weight is 718 g/mol. The van der Waals surface area contributed by atoms with Gasteiger partial charge in [-0.2, -0.15) is 0 Å². The second-order valence-corrected chi connectivity index (χ2v) is 14.4. The fraction of sp³-hybridized carbons (Fsp3) is 0.923. The Hall–Kier alpha value is -1.15. The second-order valence-electron chi connectivity index (χ2n) is 14.4. The summed E-state index contributed by atoms with van der Waals surface area (Å²) in [5.74, 6) is -0.709. The summed E-state index contributed by atoms with van der Waals surface area (Å²) in [6, 6.07) is -1.17. The van der Waals surface area contributed by atoms with Gasteiger partial charge in [0.25, 0.3) is 0 Å². The highest BCUT2D eigenvalue weighted by Gasteiger charge is 2.44. The molecule has 11 nitrogen and oxygen atoms in total. The van der Waals surface area contributed by atoms with Gasteiger partial charge in [-0.05, 0) is 38.5 Å². The van der Waals surface area contributed by atoms with E-state index in [4.69, 9.17) is 9.47 Å². The zero-order valence-electron chi connectivity index (χ0n) is 31.4. The number of carbonyl (C=O) groups excluding carboxylic acids is 1. The zero-order chi connectivity index (χ0) is 37.0. The summed E-state index contributed by atoms with van der Waals surface area (Å²) < 4.78 is 11.0. The molecule has 50 heavy (non-hydrogen) atoms. The smallest absolute Gasteiger partial charge is 0.249 e. The number of hydrogen-bond acceptors (Lipinski definition) is 10. The number of allylic oxidation sites excluding steroid dienone is 2. The lowest BCUT2D eigenvalue weighted by Crippen LogP contribution is -2.60. The number of hydrogen-bond donors (Lipinski definition) is 8. The Balaban J connectivity index is 2.52. The van der Waals surface area contributed by atoms with Crippen LogP contribution in [-0.4, -0.2) is 110 Å². The minimum atomic E-state index is -1.66. The molecule has 0 aromatic heterocycles. The molecule has 9 unspecified atom stereocenters. The SMILES string of the molecule is CCCCCCCCC/C=C\CCCCCCC(O)C(=O)NC(COC1OC(CO)C(O)C(O)C1O)C(O)C(O)CCCCCCCCCC. The lowest BCUT2D eigenvalue weighted by atomic mass is 9.98. The molecule has 1 aliphatic rings. The molecule has 11 heteroatoms. The van der Waals surface area contributed by atoms with E-state index in [2.05, 4.69) is 31.3 Å². The van der Waals surface area contributed by atoms with Gasteiger partial charge in [0, 0.05) is 0 Å². The third kappa shape index (κ3) is 20.8. The first-order chi connectivity index (χ1) is 24.2. The molecule has 1 amide bonds. The largest absolute Gasteiger partial charge is 0.394 e. The van der Waals surface area contributed by atoms with Crippen LogP contribution in [0, 0.1) is 0 Å². The van der Waals surface area contributed by atoms with Crippen molar-refractivity contribution in [3.05, 3.63) is 12.2 Å². The topological polar surface area (TPSA) is 189 Å². The summed E-state index contributed by atoms with van der Waals surface area (Å²) in [5.41, 5.74) is 0. The molecule has 0 spiro atoms. The molecule has 8 N–H and O–H groups in total. The Morgan fingerprint density at radius 3 is 1.68 bits per heavy atom. The van der Waals surface area contributed by atoms with E-state index in [1.54, 1.807) is 0 Å². The van der Waals surface area contributed by atoms with E-state index in [0.29, 0.717) is 19.3 Å². The Bertz CT molecular complexity index is 831. The van der Waals surface area contributed by atoms with Gasteiger partial charge in [0.15, 0.2) is 6.29 Å². The van der Waals surface area contributed by atoms with Crippen molar-refractivity contribution in [2.75, 3.05) is 13.2 Å². The van der Waals surface area contributed by atoms with Crippen LogP contribution in [0.25, 0.3) is 0 Å². The molecular weight excluding hydrogens is 642 g/mol. The minimum Gasteiger partial charge on any atom is -0.394 e. The van der Waals surface area contributed by atoms with Crippen molar-refractivity contribution in [1.29, 1.82) is 0 Å². The number of rotatable bonds is 32. The van der Waals surface area contributed by atoms with Crippen molar-refractivity contribution in [3.8, 4) is 0 Å². The monoisotopic (exact) mass is 718 g/mol. The summed E-state index contributed by atoms with van der Waals surface area (Å²) in [4.78, 5) is 13.0. The molecule has 0 radical (unpaired) electrons. The van der Waals surface area contributed by atoms with Gasteiger partial charge < -0.3 is 50.5 Å². The highest BCUT2D eigenvalue weighted by molar-refractivity contribution is 5.80. The number of nitrogens with one attached hydrogen (secondary N) is 1. The fourth-order valence-corrected chi connectivity index (χ4v) is 6.37. The van der Waals surface area contributed by atoms with Crippen LogP contribution in [0.2, 0.25) is 0 Å². The number of aliphatic hydroxyl groups excluding tert-OH is 7. The van der Waals surface area contributed by atoms with Crippen molar-refractivity contribution >= 4 is 5.91 Å². The van der Waals surface area contributed by atoms with E-state index in [1.807, 2.05) is 0 Å². The maximum absolute atomic E-state index is 13.0. The molecule has 0 aliphatic carbocycles. The summed E-state index contributed by atoms with van der Waals surface area (Å²) in [7, 11) is 0. The molecule has 9 atom stereocenters. The Morgan fingerprint density at radius 1 is 0.680 bits per heavy atom. The molecule has 0 aromatic rings. The highest BCUT2D eigenvalue weighted by Crippen LogP contribution is 2.23. The van der Waals surface area contributed by atoms with Crippen molar-refractivity contribution < 1.29 is 50.0 Å². The molecule has 1 fully saturated rings. The lowest BCUT2D eigenvalue weighted by molar-refractivity contribution is -0.303. The number of amides is 1. The Labute approximate surface area is 302 Å². The number of aliphatic hydroxyl groups is 7. The predicted octanol–water partition coefficient (Wildman–Crippen LogP) is 4.94. The van der Waals surface area contributed by atoms with Gasteiger partial charge in [0.1, 0.15) is 36.6 Å². The van der Waals surface area contributed by atoms with Crippen LogP contribution in [0.1, 0.15) is 162 Å². The van der Waals surface area contributed by atoms with E-state index in [-0.39, 0.29) is 6.42 Å². The van der Waals surface area contributed by atoms with Crippen LogP contribution in [0.5, 0.6) is 0 Å². The van der Waals surface area contributed by atoms with E-state index < -0.39 is 74.2 Å². The average Bonchev–Trinajstić information content (AvgIpc) is 3.11. The first-order valence-corrected chi connectivity index (χ1v) is 20.1. The standard InChI is InChI=1S/C39H75NO10/c1-3-5-7-9-11-13-14-15-16-17-18-19-21-23-25-27-32(43)38(48)40-30(29-49-39-37(47)36(46)35(45)33(28-41)50-39)34(44)31(42)26-24-22-20-12-10-8-6-4-2/h16-17,30-37,39,41-47H,3-15,18-29H2,1-2H3,(H,40,48)/b17-16-. The van der Waals surface area contributed by atoms with E-state index in [9.17, 15) is 40.5 Å². The quantitative estimate of drug-likeness (QED) is 0.0350. The second kappa shape index (κ2) is 30.3. The van der Waals surface area contributed by atoms with Crippen LogP contribution in [0.4, 0.5) is 0 Å². The highest BCUT2D eigenvalue weighted by atomic mass is 16.7. The lowest BCUT2D eigenvalue weighted by Gasteiger charge is -2.40. The van der Waals surface area contributed by atoms with Gasteiger partial charge in [-0.3, -0.25) is 4.79 Å². The summed E-state index contributed by atoms with van der Waals surface area (Å²) in [6.45, 7) is 3.36. The van der Waals surface area contributed by atoms with Crippen LogP contribution in [-0.2, 0) is 14.3 Å². The number of unbranched alkanes of at least 4 members (excludes halogenated alkanes) is 18. The number of ether oxygens (including phenoxy) is 2. The van der Waals surface area contributed by atoms with E-state index >= 15 is 0 Å². The maximum atomic E-state index is 13.0. The van der Waals surface area contributed by atoms with Crippen LogP contribution >= 0.6 is 0 Å². The summed E-state index contributed by atoms with van der Waals surface area (Å²) in [6.07, 6.45) is 17.1. The molecule has 1 saturated heterocycles.